The lowest BCUT2D eigenvalue weighted by molar-refractivity contribution is -0.143. The van der Waals surface area contributed by atoms with Gasteiger partial charge in [0.1, 0.15) is 11.6 Å². The van der Waals surface area contributed by atoms with Crippen LogP contribution in [0.4, 0.5) is 10.1 Å². The third kappa shape index (κ3) is 4.71. The number of nitrogens with one attached hydrogen (secondary N) is 1. The van der Waals surface area contributed by atoms with E-state index in [1.165, 1.54) is 36.4 Å². The lowest BCUT2D eigenvalue weighted by Crippen LogP contribution is -2.53. The molecule has 1 saturated carbocycles. The fourth-order valence-corrected chi connectivity index (χ4v) is 8.35. The molecular weight excluding hydrogens is 629 g/mol. The summed E-state index contributed by atoms with van der Waals surface area (Å²) in [6, 6.07) is 18.3. The molecule has 0 radical (unpaired) electrons. The molecule has 0 aromatic heterocycles. The SMILES string of the molecule is O=C(O)CCN1C(=O)C2CC=C3C(CC4C(=O)N(Nc5ccc(F)cc5)C(=O)C4(c4ccc(Cl)cc4)C3c3cccc(O)c3)C2C1=O. The highest BCUT2D eigenvalue weighted by Crippen LogP contribution is 2.64. The van der Waals surface area contributed by atoms with E-state index in [0.717, 1.165) is 9.91 Å². The van der Waals surface area contributed by atoms with Gasteiger partial charge in [0, 0.05) is 17.5 Å². The minimum Gasteiger partial charge on any atom is -0.508 e. The first-order valence-corrected chi connectivity index (χ1v) is 15.6. The second kappa shape index (κ2) is 11.3. The number of carbonyl (C=O) groups is 5. The van der Waals surface area contributed by atoms with Gasteiger partial charge in [-0.05, 0) is 78.4 Å². The number of imide groups is 2. The number of anilines is 1. The molecule has 3 aromatic rings. The zero-order valence-electron chi connectivity index (χ0n) is 24.8. The minimum absolute atomic E-state index is 0.0445. The zero-order chi connectivity index (χ0) is 33.2. The maximum atomic E-state index is 15.0. The first kappa shape index (κ1) is 30.6. The monoisotopic (exact) mass is 657 g/mol. The fourth-order valence-electron chi connectivity index (χ4n) is 8.23. The molecule has 10 nitrogen and oxygen atoms in total. The lowest BCUT2D eigenvalue weighted by Gasteiger charge is -2.50. The number of hydrogen-bond acceptors (Lipinski definition) is 7. The summed E-state index contributed by atoms with van der Waals surface area (Å²) in [6.07, 6.45) is 1.70. The van der Waals surface area contributed by atoms with Gasteiger partial charge in [-0.1, -0.05) is 47.5 Å². The van der Waals surface area contributed by atoms with Crippen LogP contribution >= 0.6 is 11.6 Å². The van der Waals surface area contributed by atoms with Gasteiger partial charge < -0.3 is 10.2 Å². The average molecular weight is 658 g/mol. The molecule has 2 aliphatic carbocycles. The van der Waals surface area contributed by atoms with Crippen molar-refractivity contribution >= 4 is 46.9 Å². The molecule has 0 spiro atoms. The molecule has 47 heavy (non-hydrogen) atoms. The molecule has 4 aliphatic rings. The van der Waals surface area contributed by atoms with Crippen LogP contribution in [0.3, 0.4) is 0 Å². The van der Waals surface area contributed by atoms with Crippen molar-refractivity contribution in [2.24, 2.45) is 23.7 Å². The number of aliphatic carboxylic acids is 1. The highest BCUT2D eigenvalue weighted by molar-refractivity contribution is 6.30. The Morgan fingerprint density at radius 3 is 2.36 bits per heavy atom. The molecule has 6 unspecified atom stereocenters. The Balaban J connectivity index is 1.42. The van der Waals surface area contributed by atoms with Gasteiger partial charge in [-0.25, -0.2) is 4.39 Å². The number of nitrogens with zero attached hydrogens (tertiary/aromatic N) is 2. The number of rotatable bonds is 7. The van der Waals surface area contributed by atoms with Crippen LogP contribution in [0.25, 0.3) is 0 Å². The van der Waals surface area contributed by atoms with E-state index in [1.54, 1.807) is 36.4 Å². The number of phenols is 1. The predicted octanol–water partition coefficient (Wildman–Crippen LogP) is 4.64. The molecule has 0 bridgehead atoms. The van der Waals surface area contributed by atoms with E-state index in [2.05, 4.69) is 5.43 Å². The first-order valence-electron chi connectivity index (χ1n) is 15.2. The van der Waals surface area contributed by atoms with E-state index in [4.69, 9.17) is 11.6 Å². The summed E-state index contributed by atoms with van der Waals surface area (Å²) >= 11 is 6.28. The van der Waals surface area contributed by atoms with Crippen molar-refractivity contribution in [1.29, 1.82) is 0 Å². The zero-order valence-corrected chi connectivity index (χ0v) is 25.6. The summed E-state index contributed by atoms with van der Waals surface area (Å²) in [4.78, 5) is 69.2. The molecule has 3 N–H and O–H groups in total. The summed E-state index contributed by atoms with van der Waals surface area (Å²) in [5, 5.41) is 21.2. The third-order valence-corrected chi connectivity index (χ3v) is 10.4. The Labute approximate surface area is 273 Å². The Kier molecular flexibility index (Phi) is 7.39. The van der Waals surface area contributed by atoms with Crippen LogP contribution in [0.2, 0.25) is 5.02 Å². The fraction of sp³-hybridized carbons (Fsp3) is 0.286. The lowest BCUT2D eigenvalue weighted by atomic mass is 9.49. The van der Waals surface area contributed by atoms with Crippen LogP contribution in [0.1, 0.15) is 36.3 Å². The molecule has 3 aromatic carbocycles. The van der Waals surface area contributed by atoms with Crippen molar-refractivity contribution < 1.29 is 38.6 Å². The van der Waals surface area contributed by atoms with Crippen molar-refractivity contribution in [3.8, 4) is 5.75 Å². The van der Waals surface area contributed by atoms with E-state index >= 15 is 0 Å². The predicted molar refractivity (Wildman–Crippen MR) is 166 cm³/mol. The summed E-state index contributed by atoms with van der Waals surface area (Å²) in [5.74, 6) is -7.92. The van der Waals surface area contributed by atoms with Crippen LogP contribution < -0.4 is 5.43 Å². The number of likely N-dealkylation sites (tertiary alicyclic amines) is 1. The van der Waals surface area contributed by atoms with Gasteiger partial charge in [-0.15, -0.1) is 0 Å². The normalized spacial score (nSPS) is 28.1. The van der Waals surface area contributed by atoms with Gasteiger partial charge in [0.05, 0.1) is 35.3 Å². The van der Waals surface area contributed by atoms with E-state index in [0.29, 0.717) is 27.4 Å². The molecule has 3 fully saturated rings. The molecule has 7 rings (SSSR count). The number of fused-ring (bicyclic) bond motifs is 4. The van der Waals surface area contributed by atoms with E-state index in [-0.39, 0.29) is 25.1 Å². The number of amides is 4. The van der Waals surface area contributed by atoms with Gasteiger partial charge in [0.25, 0.3) is 11.8 Å². The van der Waals surface area contributed by atoms with Gasteiger partial charge >= 0.3 is 5.97 Å². The van der Waals surface area contributed by atoms with Crippen LogP contribution in [-0.2, 0) is 29.4 Å². The highest BCUT2D eigenvalue weighted by atomic mass is 35.5. The molecular formula is C35H29ClFN3O7. The number of phenolic OH excluding ortho intramolecular Hbond substituents is 1. The standard InChI is InChI=1S/C35H29ClFN3O7/c36-20-6-4-19(5-7-20)35-27(32(45)40(34(35)47)38-22-10-8-21(37)9-11-22)17-26-24(30(35)18-2-1-3-23(41)16-18)12-13-25-29(26)33(46)39(31(25)44)15-14-28(42)43/h1-12,16,25-27,29-30,38,41H,13-15,17H2,(H,42,43). The molecule has 6 atom stereocenters. The Hall–Kier alpha value is -5.03. The van der Waals surface area contributed by atoms with Gasteiger partial charge in [0.15, 0.2) is 0 Å². The number of benzene rings is 3. The van der Waals surface area contributed by atoms with Gasteiger partial charge in [0.2, 0.25) is 11.8 Å². The van der Waals surface area contributed by atoms with Crippen molar-refractivity contribution in [2.75, 3.05) is 12.0 Å². The maximum Gasteiger partial charge on any atom is 0.305 e. The summed E-state index contributed by atoms with van der Waals surface area (Å²) < 4.78 is 13.7. The molecule has 4 amide bonds. The van der Waals surface area contributed by atoms with Gasteiger partial charge in [-0.2, -0.15) is 5.01 Å². The largest absolute Gasteiger partial charge is 0.508 e. The van der Waals surface area contributed by atoms with E-state index < -0.39 is 76.8 Å². The third-order valence-electron chi connectivity index (χ3n) is 10.1. The van der Waals surface area contributed by atoms with Crippen molar-refractivity contribution in [3.05, 3.63) is 106 Å². The Bertz CT molecular complexity index is 1860. The van der Waals surface area contributed by atoms with Crippen LogP contribution in [0.15, 0.2) is 84.4 Å². The summed E-state index contributed by atoms with van der Waals surface area (Å²) in [7, 11) is 0. The number of hydrazine groups is 1. The number of allylic oxidation sites excluding steroid dienone is 2. The first-order chi connectivity index (χ1) is 22.5. The molecule has 2 saturated heterocycles. The Morgan fingerprint density at radius 2 is 1.68 bits per heavy atom. The number of halogens is 2. The molecule has 240 valence electrons. The van der Waals surface area contributed by atoms with Crippen molar-refractivity contribution in [1.82, 2.24) is 9.91 Å². The van der Waals surface area contributed by atoms with Crippen LogP contribution in [0.5, 0.6) is 5.75 Å². The second-order valence-electron chi connectivity index (χ2n) is 12.4. The summed E-state index contributed by atoms with van der Waals surface area (Å²) in [6.45, 7) is -0.261. The number of carboxylic acids is 1. The number of carboxylic acid groups (broad SMARTS) is 1. The van der Waals surface area contributed by atoms with E-state index in [1.807, 2.05) is 6.08 Å². The number of carbonyl (C=O) groups excluding carboxylic acids is 4. The van der Waals surface area contributed by atoms with Crippen molar-refractivity contribution in [3.63, 3.8) is 0 Å². The summed E-state index contributed by atoms with van der Waals surface area (Å²) in [5.41, 5.74) is 3.34. The number of aromatic hydroxyl groups is 1. The maximum absolute atomic E-state index is 15.0. The van der Waals surface area contributed by atoms with Crippen molar-refractivity contribution in [2.45, 2.75) is 30.6 Å². The molecule has 2 heterocycles. The molecule has 12 heteroatoms. The number of hydrogen-bond donors (Lipinski definition) is 3. The molecule has 2 aliphatic heterocycles. The van der Waals surface area contributed by atoms with E-state index in [9.17, 15) is 38.6 Å². The highest BCUT2D eigenvalue weighted by Gasteiger charge is 2.70. The van der Waals surface area contributed by atoms with Gasteiger partial charge in [-0.3, -0.25) is 34.3 Å². The average Bonchev–Trinajstić information content (AvgIpc) is 3.42. The van der Waals surface area contributed by atoms with Crippen LogP contribution in [-0.4, -0.2) is 56.3 Å². The smallest absolute Gasteiger partial charge is 0.305 e. The minimum atomic E-state index is -1.56. The van der Waals surface area contributed by atoms with Crippen LogP contribution in [0, 0.1) is 29.5 Å². The second-order valence-corrected chi connectivity index (χ2v) is 12.9. The quantitative estimate of drug-likeness (QED) is 0.246. The Morgan fingerprint density at radius 1 is 0.957 bits per heavy atom. The topological polar surface area (TPSA) is 144 Å².